The topological polar surface area (TPSA) is 38.9 Å². The van der Waals surface area contributed by atoms with Crippen molar-refractivity contribution in [1.82, 2.24) is 4.98 Å². The molecule has 0 aliphatic heterocycles. The molecule has 2 rings (SSSR count). The van der Waals surface area contributed by atoms with Crippen molar-refractivity contribution in [3.63, 3.8) is 0 Å². The number of hydrogen-bond acceptors (Lipinski definition) is 2. The Kier molecular flexibility index (Phi) is 3.89. The fraction of sp³-hybridized carbons (Fsp3) is 0.267. The van der Waals surface area contributed by atoms with Crippen molar-refractivity contribution >= 4 is 0 Å². The molecule has 17 heavy (non-hydrogen) atoms. The third kappa shape index (κ3) is 3.14. The maximum Gasteiger partial charge on any atom is 0.0702 e. The van der Waals surface area contributed by atoms with Crippen LogP contribution in [0.3, 0.4) is 0 Å². The summed E-state index contributed by atoms with van der Waals surface area (Å²) in [6.45, 7) is 2.11. The molecule has 0 bridgehead atoms. The van der Waals surface area contributed by atoms with E-state index in [0.29, 0.717) is 0 Å². The van der Waals surface area contributed by atoms with Crippen LogP contribution in [0.2, 0.25) is 0 Å². The minimum absolute atomic E-state index is 0.236. The molecule has 2 aromatic rings. The highest BCUT2D eigenvalue weighted by Crippen LogP contribution is 2.16. The summed E-state index contributed by atoms with van der Waals surface area (Å²) < 4.78 is 0. The van der Waals surface area contributed by atoms with Crippen molar-refractivity contribution in [1.29, 1.82) is 0 Å². The minimum atomic E-state index is 0.236. The predicted molar refractivity (Wildman–Crippen MR) is 71.6 cm³/mol. The summed E-state index contributed by atoms with van der Waals surface area (Å²) in [4.78, 5) is 4.48. The number of rotatable bonds is 4. The van der Waals surface area contributed by atoms with Gasteiger partial charge in [0.25, 0.3) is 0 Å². The molecular weight excluding hydrogens is 208 g/mol. The maximum atomic E-state index is 5.93. The van der Waals surface area contributed by atoms with Crippen molar-refractivity contribution < 1.29 is 0 Å². The van der Waals surface area contributed by atoms with E-state index in [1.54, 1.807) is 0 Å². The smallest absolute Gasteiger partial charge is 0.0702 e. The molecule has 2 N–H and O–H groups in total. The Morgan fingerprint density at radius 2 is 1.88 bits per heavy atom. The highest BCUT2D eigenvalue weighted by molar-refractivity contribution is 5.58. The summed E-state index contributed by atoms with van der Waals surface area (Å²) in [7, 11) is 0. The first-order chi connectivity index (χ1) is 8.29. The molecule has 0 aliphatic rings. The van der Waals surface area contributed by atoms with E-state index in [9.17, 15) is 0 Å². The average molecular weight is 226 g/mol. The third-order valence-electron chi connectivity index (χ3n) is 2.92. The SMILES string of the molecule is CCC(N)Cc1ccc(-c2ccccc2)nc1. The molecule has 0 saturated carbocycles. The van der Waals surface area contributed by atoms with Gasteiger partial charge in [-0.25, -0.2) is 0 Å². The lowest BCUT2D eigenvalue weighted by molar-refractivity contribution is 0.645. The van der Waals surface area contributed by atoms with E-state index >= 15 is 0 Å². The standard InChI is InChI=1S/C15H18N2/c1-2-14(16)10-12-8-9-15(17-11-12)13-6-4-3-5-7-13/h3-9,11,14H,2,10,16H2,1H3. The lowest BCUT2D eigenvalue weighted by Gasteiger charge is -2.08. The molecule has 0 aliphatic carbocycles. The molecule has 1 heterocycles. The molecule has 0 saturated heterocycles. The van der Waals surface area contributed by atoms with Gasteiger partial charge in [-0.2, -0.15) is 0 Å². The molecule has 0 amide bonds. The number of pyridine rings is 1. The number of nitrogens with two attached hydrogens (primary N) is 1. The summed E-state index contributed by atoms with van der Waals surface area (Å²) in [6, 6.07) is 14.6. The van der Waals surface area contributed by atoms with Crippen LogP contribution in [0.4, 0.5) is 0 Å². The summed E-state index contributed by atoms with van der Waals surface area (Å²) in [5.74, 6) is 0. The van der Waals surface area contributed by atoms with Gasteiger partial charge in [0.05, 0.1) is 5.69 Å². The van der Waals surface area contributed by atoms with Crippen LogP contribution in [0, 0.1) is 0 Å². The maximum absolute atomic E-state index is 5.93. The van der Waals surface area contributed by atoms with Crippen LogP contribution >= 0.6 is 0 Å². The van der Waals surface area contributed by atoms with E-state index in [4.69, 9.17) is 5.73 Å². The number of benzene rings is 1. The molecule has 2 nitrogen and oxygen atoms in total. The first-order valence-corrected chi connectivity index (χ1v) is 6.05. The van der Waals surface area contributed by atoms with Gasteiger partial charge >= 0.3 is 0 Å². The van der Waals surface area contributed by atoms with Crippen molar-refractivity contribution in [3.05, 3.63) is 54.2 Å². The van der Waals surface area contributed by atoms with Crippen molar-refractivity contribution in [3.8, 4) is 11.3 Å². The summed E-state index contributed by atoms with van der Waals surface area (Å²) in [5.41, 5.74) is 9.30. The molecule has 1 aromatic carbocycles. The highest BCUT2D eigenvalue weighted by atomic mass is 14.7. The van der Waals surface area contributed by atoms with Crippen LogP contribution in [0.15, 0.2) is 48.7 Å². The quantitative estimate of drug-likeness (QED) is 0.870. The molecule has 1 aromatic heterocycles. The van der Waals surface area contributed by atoms with E-state index in [2.05, 4.69) is 36.2 Å². The van der Waals surface area contributed by atoms with Crippen LogP contribution in [-0.2, 0) is 6.42 Å². The summed E-state index contributed by atoms with van der Waals surface area (Å²) in [6.07, 6.45) is 3.83. The predicted octanol–water partition coefficient (Wildman–Crippen LogP) is 3.03. The zero-order valence-electron chi connectivity index (χ0n) is 10.1. The second kappa shape index (κ2) is 5.60. The van der Waals surface area contributed by atoms with E-state index in [1.165, 1.54) is 5.56 Å². The minimum Gasteiger partial charge on any atom is -0.327 e. The molecule has 0 spiro atoms. The fourth-order valence-corrected chi connectivity index (χ4v) is 1.77. The Morgan fingerprint density at radius 3 is 2.47 bits per heavy atom. The second-order valence-electron chi connectivity index (χ2n) is 4.29. The van der Waals surface area contributed by atoms with Crippen LogP contribution in [0.1, 0.15) is 18.9 Å². The Hall–Kier alpha value is -1.67. The zero-order chi connectivity index (χ0) is 12.1. The van der Waals surface area contributed by atoms with E-state index in [1.807, 2.05) is 24.4 Å². The normalized spacial score (nSPS) is 12.4. The summed E-state index contributed by atoms with van der Waals surface area (Å²) in [5, 5.41) is 0. The van der Waals surface area contributed by atoms with E-state index in [-0.39, 0.29) is 6.04 Å². The first-order valence-electron chi connectivity index (χ1n) is 6.05. The molecule has 1 unspecified atom stereocenters. The Labute approximate surface area is 103 Å². The Balaban J connectivity index is 2.13. The summed E-state index contributed by atoms with van der Waals surface area (Å²) >= 11 is 0. The second-order valence-corrected chi connectivity index (χ2v) is 4.29. The molecule has 0 radical (unpaired) electrons. The van der Waals surface area contributed by atoms with Gasteiger partial charge in [0.15, 0.2) is 0 Å². The monoisotopic (exact) mass is 226 g/mol. The largest absolute Gasteiger partial charge is 0.327 e. The van der Waals surface area contributed by atoms with Gasteiger partial charge in [0.2, 0.25) is 0 Å². The Bertz CT molecular complexity index is 448. The molecule has 2 heteroatoms. The van der Waals surface area contributed by atoms with Gasteiger partial charge in [0, 0.05) is 17.8 Å². The van der Waals surface area contributed by atoms with Gasteiger partial charge in [0.1, 0.15) is 0 Å². The van der Waals surface area contributed by atoms with E-state index < -0.39 is 0 Å². The number of nitrogens with zero attached hydrogens (tertiary/aromatic N) is 1. The number of aromatic nitrogens is 1. The average Bonchev–Trinajstić information content (AvgIpc) is 2.40. The van der Waals surface area contributed by atoms with Crippen LogP contribution in [0.5, 0.6) is 0 Å². The van der Waals surface area contributed by atoms with Crippen LogP contribution < -0.4 is 5.73 Å². The van der Waals surface area contributed by atoms with Crippen LogP contribution in [0.25, 0.3) is 11.3 Å². The van der Waals surface area contributed by atoms with E-state index in [0.717, 1.165) is 24.1 Å². The van der Waals surface area contributed by atoms with Crippen LogP contribution in [-0.4, -0.2) is 11.0 Å². The van der Waals surface area contributed by atoms with Gasteiger partial charge in [-0.1, -0.05) is 43.3 Å². The van der Waals surface area contributed by atoms with Crippen molar-refractivity contribution in [2.45, 2.75) is 25.8 Å². The lowest BCUT2D eigenvalue weighted by atomic mass is 10.1. The molecular formula is C15H18N2. The molecule has 88 valence electrons. The van der Waals surface area contributed by atoms with Crippen molar-refractivity contribution in [2.24, 2.45) is 5.73 Å². The van der Waals surface area contributed by atoms with Gasteiger partial charge in [-0.3, -0.25) is 4.98 Å². The number of hydrogen-bond donors (Lipinski definition) is 1. The van der Waals surface area contributed by atoms with Gasteiger partial charge in [-0.15, -0.1) is 0 Å². The fourth-order valence-electron chi connectivity index (χ4n) is 1.77. The zero-order valence-corrected chi connectivity index (χ0v) is 10.1. The Morgan fingerprint density at radius 1 is 1.12 bits per heavy atom. The van der Waals surface area contributed by atoms with Gasteiger partial charge in [-0.05, 0) is 24.5 Å². The van der Waals surface area contributed by atoms with Gasteiger partial charge < -0.3 is 5.73 Å². The third-order valence-corrected chi connectivity index (χ3v) is 2.92. The highest BCUT2D eigenvalue weighted by Gasteiger charge is 2.03. The van der Waals surface area contributed by atoms with Crippen molar-refractivity contribution in [2.75, 3.05) is 0 Å². The first kappa shape index (κ1) is 11.8. The molecule has 1 atom stereocenters. The lowest BCUT2D eigenvalue weighted by Crippen LogP contribution is -2.21. The molecule has 0 fully saturated rings.